The topological polar surface area (TPSA) is 79.0 Å². The lowest BCUT2D eigenvalue weighted by molar-refractivity contribution is -0.140. The van der Waals surface area contributed by atoms with Crippen LogP contribution in [0.3, 0.4) is 0 Å². The fraction of sp³-hybridized carbons (Fsp3) is 0.815. The molecule has 0 aromatic heterocycles. The minimum Gasteiger partial charge on any atom is -0.463 e. The van der Waals surface area contributed by atoms with E-state index in [0.717, 1.165) is 25.8 Å². The van der Waals surface area contributed by atoms with E-state index in [4.69, 9.17) is 4.74 Å². The normalized spacial score (nSPS) is 20.3. The Morgan fingerprint density at radius 2 is 1.65 bits per heavy atom. The van der Waals surface area contributed by atoms with Crippen LogP contribution in [0.15, 0.2) is 11.6 Å². The van der Waals surface area contributed by atoms with Crippen molar-refractivity contribution < 1.29 is 19.1 Å². The SMILES string of the molecule is CCOC(=O)/C(C)=C/[C@H](C(C)C)N(C)C(=O)C(NC(=O)C1CCCCN1C(C)C(C)C)C(C)C. The van der Waals surface area contributed by atoms with Gasteiger partial charge in [0.1, 0.15) is 6.04 Å². The smallest absolute Gasteiger partial charge is 0.333 e. The summed E-state index contributed by atoms with van der Waals surface area (Å²) in [6.07, 6.45) is 4.73. The number of likely N-dealkylation sites (N-methyl/N-ethyl adjacent to an activating group) is 1. The molecule has 7 heteroatoms. The van der Waals surface area contributed by atoms with Gasteiger partial charge < -0.3 is 15.0 Å². The van der Waals surface area contributed by atoms with Crippen LogP contribution in [-0.4, -0.2) is 72.0 Å². The van der Waals surface area contributed by atoms with Crippen molar-refractivity contribution in [3.8, 4) is 0 Å². The highest BCUT2D eigenvalue weighted by molar-refractivity contribution is 5.91. The summed E-state index contributed by atoms with van der Waals surface area (Å²) in [5.74, 6) is -0.118. The zero-order chi connectivity index (χ0) is 26.2. The molecule has 0 aromatic rings. The lowest BCUT2D eigenvalue weighted by atomic mass is 9.93. The fourth-order valence-electron chi connectivity index (χ4n) is 4.56. The van der Waals surface area contributed by atoms with Crippen LogP contribution in [0.25, 0.3) is 0 Å². The zero-order valence-electron chi connectivity index (χ0n) is 23.2. The third kappa shape index (κ3) is 8.10. The molecule has 3 unspecified atom stereocenters. The van der Waals surface area contributed by atoms with Crippen LogP contribution in [-0.2, 0) is 19.1 Å². The second-order valence-electron chi connectivity index (χ2n) is 10.7. The van der Waals surface area contributed by atoms with Gasteiger partial charge in [-0.1, -0.05) is 54.0 Å². The molecule has 1 heterocycles. The van der Waals surface area contributed by atoms with Crippen molar-refractivity contribution in [1.29, 1.82) is 0 Å². The van der Waals surface area contributed by atoms with Gasteiger partial charge in [-0.05, 0) is 57.9 Å². The predicted molar refractivity (Wildman–Crippen MR) is 137 cm³/mol. The minimum absolute atomic E-state index is 0.0630. The molecule has 0 radical (unpaired) electrons. The van der Waals surface area contributed by atoms with Gasteiger partial charge in [0.15, 0.2) is 0 Å². The van der Waals surface area contributed by atoms with E-state index in [1.165, 1.54) is 0 Å². The van der Waals surface area contributed by atoms with Crippen molar-refractivity contribution in [1.82, 2.24) is 15.1 Å². The van der Waals surface area contributed by atoms with Gasteiger partial charge in [-0.15, -0.1) is 0 Å². The average molecular weight is 480 g/mol. The highest BCUT2D eigenvalue weighted by Gasteiger charge is 2.37. The first kappa shape index (κ1) is 30.1. The molecule has 196 valence electrons. The molecule has 0 spiro atoms. The number of amides is 2. The molecule has 0 bridgehead atoms. The van der Waals surface area contributed by atoms with Crippen molar-refractivity contribution in [2.24, 2.45) is 17.8 Å². The van der Waals surface area contributed by atoms with Crippen molar-refractivity contribution in [2.75, 3.05) is 20.2 Å². The average Bonchev–Trinajstić information content (AvgIpc) is 2.78. The van der Waals surface area contributed by atoms with E-state index < -0.39 is 6.04 Å². The Bertz CT molecular complexity index is 717. The first-order chi connectivity index (χ1) is 15.8. The summed E-state index contributed by atoms with van der Waals surface area (Å²) >= 11 is 0. The molecular weight excluding hydrogens is 430 g/mol. The Hall–Kier alpha value is -1.89. The van der Waals surface area contributed by atoms with Gasteiger partial charge in [0.25, 0.3) is 0 Å². The van der Waals surface area contributed by atoms with Crippen LogP contribution in [0.5, 0.6) is 0 Å². The van der Waals surface area contributed by atoms with Crippen LogP contribution in [0.4, 0.5) is 0 Å². The lowest BCUT2D eigenvalue weighted by Gasteiger charge is -2.41. The van der Waals surface area contributed by atoms with Gasteiger partial charge in [0.05, 0.1) is 18.7 Å². The van der Waals surface area contributed by atoms with Crippen LogP contribution >= 0.6 is 0 Å². The summed E-state index contributed by atoms with van der Waals surface area (Å²) in [5, 5.41) is 3.10. The molecule has 1 N–H and O–H groups in total. The summed E-state index contributed by atoms with van der Waals surface area (Å²) in [5.41, 5.74) is 0.478. The number of carbonyl (C=O) groups excluding carboxylic acids is 3. The lowest BCUT2D eigenvalue weighted by Crippen LogP contribution is -2.59. The summed E-state index contributed by atoms with van der Waals surface area (Å²) < 4.78 is 5.10. The third-order valence-corrected chi connectivity index (χ3v) is 7.06. The highest BCUT2D eigenvalue weighted by Crippen LogP contribution is 2.24. The number of nitrogens with one attached hydrogen (secondary N) is 1. The number of ether oxygens (including phenoxy) is 1. The van der Waals surface area contributed by atoms with E-state index in [-0.39, 0.29) is 41.7 Å². The van der Waals surface area contributed by atoms with Crippen molar-refractivity contribution in [3.05, 3.63) is 11.6 Å². The second kappa shape index (κ2) is 13.9. The summed E-state index contributed by atoms with van der Waals surface area (Å²) in [4.78, 5) is 43.1. The molecule has 0 aromatic carbocycles. The number of rotatable bonds is 11. The Kier molecular flexibility index (Phi) is 12.3. The van der Waals surface area contributed by atoms with E-state index in [0.29, 0.717) is 24.1 Å². The number of nitrogens with zero attached hydrogens (tertiary/aromatic N) is 2. The van der Waals surface area contributed by atoms with E-state index in [9.17, 15) is 14.4 Å². The van der Waals surface area contributed by atoms with Gasteiger partial charge in [0, 0.05) is 18.7 Å². The summed E-state index contributed by atoms with van der Waals surface area (Å²) in [6.45, 7) is 19.2. The number of hydrogen-bond donors (Lipinski definition) is 1. The molecule has 1 fully saturated rings. The van der Waals surface area contributed by atoms with Crippen molar-refractivity contribution in [3.63, 3.8) is 0 Å². The van der Waals surface area contributed by atoms with Crippen LogP contribution in [0.2, 0.25) is 0 Å². The monoisotopic (exact) mass is 479 g/mol. The highest BCUT2D eigenvalue weighted by atomic mass is 16.5. The minimum atomic E-state index is -0.631. The van der Waals surface area contributed by atoms with Gasteiger partial charge in [0.2, 0.25) is 11.8 Å². The Balaban J connectivity index is 3.09. The number of hydrogen-bond acceptors (Lipinski definition) is 5. The summed E-state index contributed by atoms with van der Waals surface area (Å²) in [6, 6.07) is -0.832. The molecule has 0 saturated carbocycles. The standard InChI is InChI=1S/C27H49N3O4/c1-11-34-27(33)20(8)16-23(18(4)5)29(10)26(32)24(19(6)7)28-25(31)22-14-12-13-15-30(22)21(9)17(2)3/h16-19,21-24H,11-15H2,1-10H3,(H,28,31)/b20-16+/t21?,22?,23-,24?/m1/s1. The summed E-state index contributed by atoms with van der Waals surface area (Å²) in [7, 11) is 1.75. The Labute approximate surface area is 207 Å². The van der Waals surface area contributed by atoms with Crippen LogP contribution < -0.4 is 5.32 Å². The van der Waals surface area contributed by atoms with Crippen molar-refractivity contribution >= 4 is 17.8 Å². The maximum absolute atomic E-state index is 13.6. The molecule has 0 aliphatic carbocycles. The number of esters is 1. The number of carbonyl (C=O) groups is 3. The third-order valence-electron chi connectivity index (χ3n) is 7.06. The van der Waals surface area contributed by atoms with Crippen LogP contribution in [0, 0.1) is 17.8 Å². The predicted octanol–water partition coefficient (Wildman–Crippen LogP) is 4.02. The molecular formula is C27H49N3O4. The Morgan fingerprint density at radius 1 is 1.03 bits per heavy atom. The largest absolute Gasteiger partial charge is 0.463 e. The Morgan fingerprint density at radius 3 is 2.15 bits per heavy atom. The molecule has 4 atom stereocenters. The molecule has 2 amide bonds. The second-order valence-corrected chi connectivity index (χ2v) is 10.7. The first-order valence-corrected chi connectivity index (χ1v) is 13.0. The zero-order valence-corrected chi connectivity index (χ0v) is 23.2. The van der Waals surface area contributed by atoms with Gasteiger partial charge >= 0.3 is 5.97 Å². The maximum atomic E-state index is 13.6. The molecule has 1 aliphatic rings. The van der Waals surface area contributed by atoms with E-state index >= 15 is 0 Å². The molecule has 1 aliphatic heterocycles. The number of likely N-dealkylation sites (tertiary alicyclic amines) is 1. The van der Waals surface area contributed by atoms with Gasteiger partial charge in [-0.3, -0.25) is 14.5 Å². The van der Waals surface area contributed by atoms with E-state index in [2.05, 4.69) is 31.0 Å². The van der Waals surface area contributed by atoms with Crippen LogP contribution in [0.1, 0.15) is 81.6 Å². The quantitative estimate of drug-likeness (QED) is 0.358. The van der Waals surface area contributed by atoms with Gasteiger partial charge in [-0.25, -0.2) is 4.79 Å². The molecule has 1 rings (SSSR count). The van der Waals surface area contributed by atoms with E-state index in [1.807, 2.05) is 27.7 Å². The maximum Gasteiger partial charge on any atom is 0.333 e. The van der Waals surface area contributed by atoms with Gasteiger partial charge in [-0.2, -0.15) is 0 Å². The molecule has 34 heavy (non-hydrogen) atoms. The molecule has 7 nitrogen and oxygen atoms in total. The molecule has 1 saturated heterocycles. The van der Waals surface area contributed by atoms with Crippen molar-refractivity contribution in [2.45, 2.75) is 106 Å². The number of piperidine rings is 1. The fourth-order valence-corrected chi connectivity index (χ4v) is 4.56. The van der Waals surface area contributed by atoms with E-state index in [1.54, 1.807) is 31.9 Å². The first-order valence-electron chi connectivity index (χ1n) is 13.0.